The zero-order valence-corrected chi connectivity index (χ0v) is 7.66. The van der Waals surface area contributed by atoms with E-state index >= 15 is 0 Å². The second kappa shape index (κ2) is 3.49. The van der Waals surface area contributed by atoms with Crippen LogP contribution in [0.4, 0.5) is 5.69 Å². The van der Waals surface area contributed by atoms with E-state index in [1.165, 1.54) is 0 Å². The third kappa shape index (κ3) is 1.46. The van der Waals surface area contributed by atoms with Crippen LogP contribution in [0.2, 0.25) is 0 Å². The highest BCUT2D eigenvalue weighted by Gasteiger charge is 2.16. The molecule has 0 bridgehead atoms. The number of benzene rings is 1. The summed E-state index contributed by atoms with van der Waals surface area (Å²) in [5.74, 6) is 1.92. The number of rotatable bonds is 3. The van der Waals surface area contributed by atoms with Crippen molar-refractivity contribution in [2.24, 2.45) is 0 Å². The fourth-order valence-electron chi connectivity index (χ4n) is 1.21. The van der Waals surface area contributed by atoms with Gasteiger partial charge in [-0.25, -0.2) is 0 Å². The van der Waals surface area contributed by atoms with E-state index in [2.05, 4.69) is 6.58 Å². The first kappa shape index (κ1) is 8.74. The van der Waals surface area contributed by atoms with Crippen LogP contribution in [-0.2, 0) is 0 Å². The number of anilines is 1. The van der Waals surface area contributed by atoms with Crippen molar-refractivity contribution in [3.05, 3.63) is 24.8 Å². The van der Waals surface area contributed by atoms with E-state index in [0.717, 1.165) is 0 Å². The first-order chi connectivity index (χ1) is 6.81. The van der Waals surface area contributed by atoms with Gasteiger partial charge in [-0.05, 0) is 0 Å². The lowest BCUT2D eigenvalue weighted by molar-refractivity contribution is 0.174. The third-order valence-electron chi connectivity index (χ3n) is 1.86. The maximum absolute atomic E-state index is 5.74. The fraction of sp³-hybridized carbons (Fsp3) is 0.200. The van der Waals surface area contributed by atoms with Crippen LogP contribution in [0.15, 0.2) is 24.8 Å². The Morgan fingerprint density at radius 3 is 2.86 bits per heavy atom. The Kier molecular flexibility index (Phi) is 2.18. The molecule has 1 aromatic carbocycles. The van der Waals surface area contributed by atoms with E-state index in [-0.39, 0.29) is 6.79 Å². The predicted molar refractivity (Wildman–Crippen MR) is 52.7 cm³/mol. The second-order valence-electron chi connectivity index (χ2n) is 2.84. The molecule has 0 aliphatic carbocycles. The Labute approximate surface area is 81.9 Å². The highest BCUT2D eigenvalue weighted by atomic mass is 16.7. The van der Waals surface area contributed by atoms with Gasteiger partial charge in [-0.3, -0.25) is 0 Å². The van der Waals surface area contributed by atoms with Gasteiger partial charge in [0.1, 0.15) is 12.4 Å². The topological polar surface area (TPSA) is 53.7 Å². The summed E-state index contributed by atoms with van der Waals surface area (Å²) in [5.41, 5.74) is 6.28. The molecule has 0 spiro atoms. The third-order valence-corrected chi connectivity index (χ3v) is 1.86. The molecule has 1 aromatic rings. The van der Waals surface area contributed by atoms with Crippen molar-refractivity contribution in [3.63, 3.8) is 0 Å². The molecule has 0 saturated heterocycles. The molecule has 0 radical (unpaired) electrons. The molecule has 0 unspecified atom stereocenters. The van der Waals surface area contributed by atoms with Crippen LogP contribution in [0.5, 0.6) is 17.2 Å². The summed E-state index contributed by atoms with van der Waals surface area (Å²) >= 11 is 0. The minimum atomic E-state index is 0.236. The van der Waals surface area contributed by atoms with Crippen molar-refractivity contribution in [3.8, 4) is 17.2 Å². The minimum absolute atomic E-state index is 0.236. The normalized spacial score (nSPS) is 12.6. The largest absolute Gasteiger partial charge is 0.487 e. The van der Waals surface area contributed by atoms with E-state index in [1.807, 2.05) is 0 Å². The Morgan fingerprint density at radius 2 is 2.14 bits per heavy atom. The van der Waals surface area contributed by atoms with E-state index < -0.39 is 0 Å². The lowest BCUT2D eigenvalue weighted by Gasteiger charge is -2.07. The van der Waals surface area contributed by atoms with E-state index in [9.17, 15) is 0 Å². The number of nitrogen functional groups attached to an aromatic ring is 1. The van der Waals surface area contributed by atoms with E-state index in [0.29, 0.717) is 29.5 Å². The molecule has 4 heteroatoms. The van der Waals surface area contributed by atoms with Gasteiger partial charge < -0.3 is 19.9 Å². The number of hydrogen-bond donors (Lipinski definition) is 1. The summed E-state index contributed by atoms with van der Waals surface area (Å²) in [6.45, 7) is 4.21. The SMILES string of the molecule is C=CCOc1cc2c(cc1N)OCO2. The van der Waals surface area contributed by atoms with Crippen LogP contribution in [0.3, 0.4) is 0 Å². The number of hydrogen-bond acceptors (Lipinski definition) is 4. The summed E-state index contributed by atoms with van der Waals surface area (Å²) in [7, 11) is 0. The molecule has 0 fully saturated rings. The molecule has 4 nitrogen and oxygen atoms in total. The van der Waals surface area contributed by atoms with Crippen molar-refractivity contribution >= 4 is 5.69 Å². The van der Waals surface area contributed by atoms with Gasteiger partial charge in [-0.2, -0.15) is 0 Å². The molecule has 2 N–H and O–H groups in total. The van der Waals surface area contributed by atoms with Gasteiger partial charge in [0.15, 0.2) is 11.5 Å². The van der Waals surface area contributed by atoms with Crippen molar-refractivity contribution < 1.29 is 14.2 Å². The molecule has 0 amide bonds. The second-order valence-corrected chi connectivity index (χ2v) is 2.84. The van der Waals surface area contributed by atoms with Crippen LogP contribution in [-0.4, -0.2) is 13.4 Å². The molecule has 1 heterocycles. The summed E-state index contributed by atoms with van der Waals surface area (Å²) in [6, 6.07) is 3.42. The van der Waals surface area contributed by atoms with Gasteiger partial charge >= 0.3 is 0 Å². The van der Waals surface area contributed by atoms with Crippen molar-refractivity contribution in [2.75, 3.05) is 19.1 Å². The van der Waals surface area contributed by atoms with E-state index in [1.54, 1.807) is 18.2 Å². The molecule has 1 aliphatic rings. The predicted octanol–water partition coefficient (Wildman–Crippen LogP) is 1.56. The molecule has 1 aliphatic heterocycles. The van der Waals surface area contributed by atoms with E-state index in [4.69, 9.17) is 19.9 Å². The van der Waals surface area contributed by atoms with Crippen LogP contribution in [0, 0.1) is 0 Å². The first-order valence-electron chi connectivity index (χ1n) is 4.24. The summed E-state index contributed by atoms with van der Waals surface area (Å²) in [4.78, 5) is 0. The van der Waals surface area contributed by atoms with Crippen LogP contribution in [0.1, 0.15) is 0 Å². The fourth-order valence-corrected chi connectivity index (χ4v) is 1.21. The van der Waals surface area contributed by atoms with Gasteiger partial charge in [-0.15, -0.1) is 0 Å². The Hall–Kier alpha value is -1.84. The minimum Gasteiger partial charge on any atom is -0.487 e. The lowest BCUT2D eigenvalue weighted by Crippen LogP contribution is -1.97. The van der Waals surface area contributed by atoms with Gasteiger partial charge in [0.2, 0.25) is 6.79 Å². The Bertz CT molecular complexity index is 363. The molecular formula is C10H11NO3. The first-order valence-corrected chi connectivity index (χ1v) is 4.24. The summed E-state index contributed by atoms with van der Waals surface area (Å²) in [5, 5.41) is 0. The monoisotopic (exact) mass is 193 g/mol. The van der Waals surface area contributed by atoms with Crippen molar-refractivity contribution in [1.29, 1.82) is 0 Å². The number of nitrogens with two attached hydrogens (primary N) is 1. The lowest BCUT2D eigenvalue weighted by atomic mass is 10.2. The number of ether oxygens (including phenoxy) is 3. The quantitative estimate of drug-likeness (QED) is 0.584. The molecule has 2 rings (SSSR count). The molecule has 14 heavy (non-hydrogen) atoms. The molecular weight excluding hydrogens is 182 g/mol. The highest BCUT2D eigenvalue weighted by molar-refractivity contribution is 5.62. The van der Waals surface area contributed by atoms with Crippen LogP contribution in [0.25, 0.3) is 0 Å². The van der Waals surface area contributed by atoms with Crippen molar-refractivity contribution in [1.82, 2.24) is 0 Å². The average Bonchev–Trinajstić information content (AvgIpc) is 2.61. The van der Waals surface area contributed by atoms with Crippen molar-refractivity contribution in [2.45, 2.75) is 0 Å². The maximum Gasteiger partial charge on any atom is 0.231 e. The summed E-state index contributed by atoms with van der Waals surface area (Å²) in [6.07, 6.45) is 1.66. The smallest absolute Gasteiger partial charge is 0.231 e. The van der Waals surface area contributed by atoms with Gasteiger partial charge in [-0.1, -0.05) is 12.7 Å². The number of fused-ring (bicyclic) bond motifs is 1. The van der Waals surface area contributed by atoms with Gasteiger partial charge in [0, 0.05) is 12.1 Å². The molecule has 0 saturated carbocycles. The Balaban J connectivity index is 2.27. The Morgan fingerprint density at radius 1 is 1.43 bits per heavy atom. The van der Waals surface area contributed by atoms with Gasteiger partial charge in [0.05, 0.1) is 5.69 Å². The zero-order chi connectivity index (χ0) is 9.97. The highest BCUT2D eigenvalue weighted by Crippen LogP contribution is 2.39. The van der Waals surface area contributed by atoms with Gasteiger partial charge in [0.25, 0.3) is 0 Å². The zero-order valence-electron chi connectivity index (χ0n) is 7.66. The van der Waals surface area contributed by atoms with Crippen LogP contribution < -0.4 is 19.9 Å². The standard InChI is InChI=1S/C10H11NO3/c1-2-3-12-8-5-10-9(4-7(8)11)13-6-14-10/h2,4-5H,1,3,6,11H2. The molecule has 74 valence electrons. The molecule has 0 aromatic heterocycles. The molecule has 0 atom stereocenters. The summed E-state index contributed by atoms with van der Waals surface area (Å²) < 4.78 is 15.7. The van der Waals surface area contributed by atoms with Crippen LogP contribution >= 0.6 is 0 Å². The maximum atomic E-state index is 5.74. The average molecular weight is 193 g/mol.